The van der Waals surface area contributed by atoms with Crippen molar-refractivity contribution >= 4 is 6.09 Å². The molecule has 0 spiro atoms. The van der Waals surface area contributed by atoms with E-state index in [-0.39, 0.29) is 23.7 Å². The summed E-state index contributed by atoms with van der Waals surface area (Å²) in [5.74, 6) is 2.06. The molecule has 1 amide bonds. The van der Waals surface area contributed by atoms with Gasteiger partial charge in [-0.25, -0.2) is 4.79 Å². The predicted octanol–water partition coefficient (Wildman–Crippen LogP) is 4.81. The van der Waals surface area contributed by atoms with Crippen molar-refractivity contribution in [2.45, 2.75) is 45.3 Å². The number of nitrogens with zero attached hydrogens (tertiary/aromatic N) is 1. The second-order valence-corrected chi connectivity index (χ2v) is 10.3. The average molecular weight is 451 g/mol. The molecule has 0 aromatic heterocycles. The number of methoxy groups -OCH3 is 2. The van der Waals surface area contributed by atoms with Gasteiger partial charge < -0.3 is 19.5 Å². The molecule has 3 heterocycles. The number of hydrogen-bond acceptors (Lipinski definition) is 5. The Labute approximate surface area is 196 Å². The van der Waals surface area contributed by atoms with Crippen molar-refractivity contribution in [3.63, 3.8) is 0 Å². The van der Waals surface area contributed by atoms with E-state index in [1.807, 2.05) is 18.2 Å². The molecule has 4 aliphatic rings. The fourth-order valence-electron chi connectivity index (χ4n) is 5.95. The molecule has 2 bridgehead atoms. The van der Waals surface area contributed by atoms with Gasteiger partial charge in [0, 0.05) is 6.54 Å². The van der Waals surface area contributed by atoms with Gasteiger partial charge in [0.05, 0.1) is 25.8 Å². The van der Waals surface area contributed by atoms with Crippen molar-refractivity contribution < 1.29 is 19.0 Å². The molecule has 1 unspecified atom stereocenters. The SMILES string of the molecule is COc1cccc(OC)c1-c1ccc2c(c1)CC(C)(C)C2NC(=O)O[C@@H]1CN2CCC1CC2. The third-order valence-corrected chi connectivity index (χ3v) is 7.71. The number of nitrogens with one attached hydrogen (secondary N) is 1. The lowest BCUT2D eigenvalue weighted by atomic mass is 9.85. The van der Waals surface area contributed by atoms with Gasteiger partial charge in [0.25, 0.3) is 0 Å². The van der Waals surface area contributed by atoms with Crippen LogP contribution in [0, 0.1) is 11.3 Å². The Kier molecular flexibility index (Phi) is 5.73. The molecule has 2 aromatic carbocycles. The summed E-state index contributed by atoms with van der Waals surface area (Å²) in [5, 5.41) is 3.21. The van der Waals surface area contributed by atoms with Gasteiger partial charge >= 0.3 is 6.09 Å². The predicted molar refractivity (Wildman–Crippen MR) is 128 cm³/mol. The Morgan fingerprint density at radius 1 is 1.06 bits per heavy atom. The lowest BCUT2D eigenvalue weighted by Crippen LogP contribution is -2.53. The third kappa shape index (κ3) is 4.05. The minimum absolute atomic E-state index is 0.0110. The number of carbonyl (C=O) groups is 1. The molecule has 33 heavy (non-hydrogen) atoms. The van der Waals surface area contributed by atoms with Gasteiger partial charge in [0.15, 0.2) is 0 Å². The molecule has 6 heteroatoms. The number of amides is 1. The summed E-state index contributed by atoms with van der Waals surface area (Å²) in [4.78, 5) is 15.3. The molecule has 6 nitrogen and oxygen atoms in total. The van der Waals surface area contributed by atoms with Crippen LogP contribution in [0.15, 0.2) is 36.4 Å². The van der Waals surface area contributed by atoms with Crippen LogP contribution in [-0.4, -0.2) is 51.0 Å². The maximum absolute atomic E-state index is 12.9. The molecule has 3 saturated heterocycles. The summed E-state index contributed by atoms with van der Waals surface area (Å²) < 4.78 is 17.1. The zero-order chi connectivity index (χ0) is 23.2. The van der Waals surface area contributed by atoms with E-state index in [4.69, 9.17) is 14.2 Å². The second kappa shape index (κ2) is 8.56. The molecule has 1 aliphatic carbocycles. The van der Waals surface area contributed by atoms with Crippen LogP contribution >= 0.6 is 0 Å². The molecule has 176 valence electrons. The van der Waals surface area contributed by atoms with Crippen LogP contribution in [0.3, 0.4) is 0 Å². The van der Waals surface area contributed by atoms with Crippen molar-refractivity contribution in [1.29, 1.82) is 0 Å². The highest BCUT2D eigenvalue weighted by Crippen LogP contribution is 2.48. The van der Waals surface area contributed by atoms with Crippen LogP contribution in [0.25, 0.3) is 11.1 Å². The highest BCUT2D eigenvalue weighted by atomic mass is 16.6. The maximum atomic E-state index is 12.9. The Balaban J connectivity index is 1.37. The average Bonchev–Trinajstić information content (AvgIpc) is 3.07. The van der Waals surface area contributed by atoms with E-state index in [1.165, 1.54) is 5.56 Å². The fraction of sp³-hybridized carbons (Fsp3) is 0.519. The normalized spacial score (nSPS) is 27.0. The summed E-state index contributed by atoms with van der Waals surface area (Å²) in [7, 11) is 3.35. The van der Waals surface area contributed by atoms with Crippen LogP contribution in [0.2, 0.25) is 0 Å². The monoisotopic (exact) mass is 450 g/mol. The summed E-state index contributed by atoms with van der Waals surface area (Å²) >= 11 is 0. The summed E-state index contributed by atoms with van der Waals surface area (Å²) in [5.41, 5.74) is 4.28. The molecular weight excluding hydrogens is 416 g/mol. The van der Waals surface area contributed by atoms with Crippen molar-refractivity contribution in [2.75, 3.05) is 33.9 Å². The lowest BCUT2D eigenvalue weighted by Gasteiger charge is -2.44. The van der Waals surface area contributed by atoms with E-state index < -0.39 is 0 Å². The Bertz CT molecular complexity index is 1020. The fourth-order valence-corrected chi connectivity index (χ4v) is 5.95. The summed E-state index contributed by atoms with van der Waals surface area (Å²) in [6, 6.07) is 12.2. The first-order valence-corrected chi connectivity index (χ1v) is 11.9. The number of carbonyl (C=O) groups excluding carboxylic acids is 1. The van der Waals surface area contributed by atoms with Gasteiger partial charge in [-0.05, 0) is 72.5 Å². The number of ether oxygens (including phenoxy) is 3. The van der Waals surface area contributed by atoms with E-state index in [1.54, 1.807) is 14.2 Å². The number of rotatable bonds is 5. The standard InChI is InChI=1S/C27H34N2O4/c1-27(2)15-19-14-18(24-21(31-3)6-5-7-22(24)32-4)8-9-20(19)25(27)28-26(30)33-23-16-29-12-10-17(23)11-13-29/h5-9,14,17,23,25H,10-13,15-16H2,1-4H3,(H,28,30)/t23-,25?/m1/s1. The van der Waals surface area contributed by atoms with Crippen molar-refractivity contribution in [1.82, 2.24) is 10.2 Å². The van der Waals surface area contributed by atoms with Gasteiger partial charge in [0.2, 0.25) is 0 Å². The minimum Gasteiger partial charge on any atom is -0.496 e. The zero-order valence-corrected chi connectivity index (χ0v) is 20.0. The Morgan fingerprint density at radius 3 is 2.36 bits per heavy atom. The minimum atomic E-state index is -0.296. The van der Waals surface area contributed by atoms with Crippen LogP contribution in [0.4, 0.5) is 4.79 Å². The molecule has 0 radical (unpaired) electrons. The summed E-state index contributed by atoms with van der Waals surface area (Å²) in [6.45, 7) is 7.54. The molecule has 6 rings (SSSR count). The molecule has 3 aliphatic heterocycles. The first kappa shape index (κ1) is 22.1. The van der Waals surface area contributed by atoms with E-state index >= 15 is 0 Å². The first-order valence-electron chi connectivity index (χ1n) is 11.9. The highest BCUT2D eigenvalue weighted by Gasteiger charge is 2.42. The highest BCUT2D eigenvalue weighted by molar-refractivity contribution is 5.78. The van der Waals surface area contributed by atoms with Crippen molar-refractivity contribution in [3.05, 3.63) is 47.5 Å². The summed E-state index contributed by atoms with van der Waals surface area (Å²) in [6.07, 6.45) is 2.85. The third-order valence-electron chi connectivity index (χ3n) is 7.71. The lowest BCUT2D eigenvalue weighted by molar-refractivity contribution is -0.0348. The van der Waals surface area contributed by atoms with E-state index in [0.29, 0.717) is 5.92 Å². The molecule has 0 saturated carbocycles. The number of piperidine rings is 3. The number of hydrogen-bond donors (Lipinski definition) is 1. The Morgan fingerprint density at radius 2 is 1.76 bits per heavy atom. The molecule has 2 aromatic rings. The van der Waals surface area contributed by atoms with Crippen LogP contribution < -0.4 is 14.8 Å². The largest absolute Gasteiger partial charge is 0.496 e. The van der Waals surface area contributed by atoms with E-state index in [2.05, 4.69) is 42.3 Å². The number of fused-ring (bicyclic) bond motifs is 4. The zero-order valence-electron chi connectivity index (χ0n) is 20.0. The van der Waals surface area contributed by atoms with Gasteiger partial charge in [-0.15, -0.1) is 0 Å². The van der Waals surface area contributed by atoms with Gasteiger partial charge in [-0.1, -0.05) is 38.1 Å². The molecule has 2 atom stereocenters. The molecule has 3 fully saturated rings. The first-order chi connectivity index (χ1) is 15.9. The van der Waals surface area contributed by atoms with Gasteiger partial charge in [0.1, 0.15) is 17.6 Å². The van der Waals surface area contributed by atoms with Crippen LogP contribution in [-0.2, 0) is 11.2 Å². The van der Waals surface area contributed by atoms with E-state index in [9.17, 15) is 4.79 Å². The van der Waals surface area contributed by atoms with E-state index in [0.717, 1.165) is 67.1 Å². The smallest absolute Gasteiger partial charge is 0.407 e. The van der Waals surface area contributed by atoms with Crippen LogP contribution in [0.5, 0.6) is 11.5 Å². The second-order valence-electron chi connectivity index (χ2n) is 10.3. The molecule has 1 N–H and O–H groups in total. The van der Waals surface area contributed by atoms with Gasteiger partial charge in [-0.2, -0.15) is 0 Å². The quantitative estimate of drug-likeness (QED) is 0.708. The van der Waals surface area contributed by atoms with Crippen LogP contribution in [0.1, 0.15) is 43.9 Å². The van der Waals surface area contributed by atoms with Crippen molar-refractivity contribution in [3.8, 4) is 22.6 Å². The number of alkyl carbamates (subject to hydrolysis) is 1. The van der Waals surface area contributed by atoms with Gasteiger partial charge in [-0.3, -0.25) is 4.90 Å². The number of benzene rings is 2. The molecular formula is C27H34N2O4. The maximum Gasteiger partial charge on any atom is 0.407 e. The van der Waals surface area contributed by atoms with Crippen molar-refractivity contribution in [2.24, 2.45) is 11.3 Å². The topological polar surface area (TPSA) is 60.0 Å². The Hall–Kier alpha value is -2.73.